The number of anilines is 1. The van der Waals surface area contributed by atoms with Crippen molar-refractivity contribution in [3.8, 4) is 11.4 Å². The Morgan fingerprint density at radius 2 is 1.94 bits per heavy atom. The van der Waals surface area contributed by atoms with Gasteiger partial charge in [-0.25, -0.2) is 13.9 Å². The van der Waals surface area contributed by atoms with Gasteiger partial charge in [0.05, 0.1) is 44.4 Å². The van der Waals surface area contributed by atoms with E-state index in [-0.39, 0.29) is 43.3 Å². The van der Waals surface area contributed by atoms with E-state index in [4.69, 9.17) is 14.6 Å². The fraction of sp³-hybridized carbons (Fsp3) is 0.333. The fourth-order valence-corrected chi connectivity index (χ4v) is 3.34. The van der Waals surface area contributed by atoms with Gasteiger partial charge in [-0.2, -0.15) is 18.3 Å². The summed E-state index contributed by atoms with van der Waals surface area (Å²) >= 11 is 0. The minimum absolute atomic E-state index is 0.0473. The predicted molar refractivity (Wildman–Crippen MR) is 123 cm³/mol. The van der Waals surface area contributed by atoms with E-state index in [1.165, 1.54) is 12.1 Å². The molecule has 0 saturated heterocycles. The van der Waals surface area contributed by atoms with Gasteiger partial charge in [0.1, 0.15) is 11.6 Å². The number of urea groups is 1. The lowest BCUT2D eigenvalue weighted by molar-refractivity contribution is -0.141. The summed E-state index contributed by atoms with van der Waals surface area (Å²) in [6.07, 6.45) is -4.69. The van der Waals surface area contributed by atoms with Crippen LogP contribution in [0.25, 0.3) is 5.69 Å². The standard InChI is InChI=1S/C24H26F4N4O4/c1-3-36-20-9-15(2)8-18(11-20)32-19(12-22(31-32)24(26,27)28)13-29-23(34)30-17-5-4-16(21(25)10-17)14-35-7-6-33/h4-5,8-12,33H,3,6-7,13-14H2,1-2H3,(H2,29,30,34). The molecule has 3 N–H and O–H groups in total. The van der Waals surface area contributed by atoms with Gasteiger partial charge in [-0.15, -0.1) is 0 Å². The van der Waals surface area contributed by atoms with E-state index in [2.05, 4.69) is 15.7 Å². The van der Waals surface area contributed by atoms with Crippen molar-refractivity contribution in [3.63, 3.8) is 0 Å². The zero-order chi connectivity index (χ0) is 26.3. The molecule has 8 nitrogen and oxygen atoms in total. The molecular formula is C24H26F4N4O4. The van der Waals surface area contributed by atoms with Crippen molar-refractivity contribution in [3.05, 3.63) is 70.8 Å². The number of halogens is 4. The number of aromatic nitrogens is 2. The molecule has 36 heavy (non-hydrogen) atoms. The number of nitrogens with zero attached hydrogens (tertiary/aromatic N) is 2. The molecule has 0 bridgehead atoms. The number of carbonyl (C=O) groups is 1. The van der Waals surface area contributed by atoms with Crippen LogP contribution in [0.1, 0.15) is 29.4 Å². The average Bonchev–Trinajstić information content (AvgIpc) is 3.24. The molecule has 3 rings (SSSR count). The maximum absolute atomic E-state index is 14.2. The van der Waals surface area contributed by atoms with Crippen molar-refractivity contribution in [2.24, 2.45) is 0 Å². The molecule has 2 amide bonds. The van der Waals surface area contributed by atoms with Gasteiger partial charge in [0.15, 0.2) is 5.69 Å². The Hall–Kier alpha value is -3.64. The number of carbonyl (C=O) groups excluding carboxylic acids is 1. The predicted octanol–water partition coefficient (Wildman–Crippen LogP) is 4.57. The van der Waals surface area contributed by atoms with Crippen LogP contribution >= 0.6 is 0 Å². The first kappa shape index (κ1) is 27.0. The highest BCUT2D eigenvalue weighted by Crippen LogP contribution is 2.30. The van der Waals surface area contributed by atoms with E-state index in [0.717, 1.165) is 22.4 Å². The first-order valence-electron chi connectivity index (χ1n) is 11.0. The number of amides is 2. The number of rotatable bonds is 10. The third kappa shape index (κ3) is 7.18. The molecule has 0 aliphatic carbocycles. The molecule has 0 spiro atoms. The van der Waals surface area contributed by atoms with E-state index in [1.54, 1.807) is 32.0 Å². The third-order valence-electron chi connectivity index (χ3n) is 4.90. The van der Waals surface area contributed by atoms with E-state index in [9.17, 15) is 22.4 Å². The quantitative estimate of drug-likeness (QED) is 0.274. The molecule has 0 radical (unpaired) electrons. The van der Waals surface area contributed by atoms with Crippen LogP contribution < -0.4 is 15.4 Å². The lowest BCUT2D eigenvalue weighted by Gasteiger charge is -2.13. The van der Waals surface area contributed by atoms with Crippen LogP contribution in [-0.4, -0.2) is 40.7 Å². The molecule has 1 aromatic heterocycles. The van der Waals surface area contributed by atoms with Crippen LogP contribution in [0.5, 0.6) is 5.75 Å². The summed E-state index contributed by atoms with van der Waals surface area (Å²) in [6, 6.07) is 9.01. The number of benzene rings is 2. The number of aliphatic hydroxyl groups excluding tert-OH is 1. The molecule has 0 aliphatic heterocycles. The van der Waals surface area contributed by atoms with Crippen molar-refractivity contribution in [1.29, 1.82) is 0 Å². The average molecular weight is 510 g/mol. The van der Waals surface area contributed by atoms with Crippen molar-refractivity contribution in [1.82, 2.24) is 15.1 Å². The van der Waals surface area contributed by atoms with Crippen LogP contribution in [-0.2, 0) is 24.1 Å². The van der Waals surface area contributed by atoms with Crippen molar-refractivity contribution in [2.75, 3.05) is 25.1 Å². The maximum atomic E-state index is 14.2. The maximum Gasteiger partial charge on any atom is 0.435 e. The zero-order valence-electron chi connectivity index (χ0n) is 19.7. The molecule has 194 valence electrons. The van der Waals surface area contributed by atoms with Gasteiger partial charge in [0, 0.05) is 17.3 Å². The largest absolute Gasteiger partial charge is 0.494 e. The summed E-state index contributed by atoms with van der Waals surface area (Å²) in [5.74, 6) is -0.149. The van der Waals surface area contributed by atoms with Crippen molar-refractivity contribution in [2.45, 2.75) is 33.2 Å². The number of ether oxygens (including phenoxy) is 2. The van der Waals surface area contributed by atoms with Gasteiger partial charge in [0.25, 0.3) is 0 Å². The molecule has 0 atom stereocenters. The highest BCUT2D eigenvalue weighted by Gasteiger charge is 2.35. The Morgan fingerprint density at radius 3 is 2.61 bits per heavy atom. The highest BCUT2D eigenvalue weighted by molar-refractivity contribution is 5.89. The van der Waals surface area contributed by atoms with Gasteiger partial charge in [-0.3, -0.25) is 0 Å². The van der Waals surface area contributed by atoms with Crippen LogP contribution in [0.3, 0.4) is 0 Å². The highest BCUT2D eigenvalue weighted by atomic mass is 19.4. The van der Waals surface area contributed by atoms with Crippen molar-refractivity contribution >= 4 is 11.7 Å². The number of nitrogens with one attached hydrogen (secondary N) is 2. The minimum Gasteiger partial charge on any atom is -0.494 e. The number of hydrogen-bond donors (Lipinski definition) is 3. The Morgan fingerprint density at radius 1 is 1.17 bits per heavy atom. The topological polar surface area (TPSA) is 97.6 Å². The summed E-state index contributed by atoms with van der Waals surface area (Å²) < 4.78 is 66.0. The van der Waals surface area contributed by atoms with Gasteiger partial charge in [-0.05, 0) is 49.7 Å². The summed E-state index contributed by atoms with van der Waals surface area (Å²) in [5.41, 5.74) is 0.437. The number of aryl methyl sites for hydroxylation is 1. The first-order chi connectivity index (χ1) is 17.1. The molecule has 0 fully saturated rings. The van der Waals surface area contributed by atoms with E-state index >= 15 is 0 Å². The van der Waals surface area contributed by atoms with Crippen LogP contribution in [0.4, 0.5) is 28.0 Å². The van der Waals surface area contributed by atoms with Crippen LogP contribution in [0.2, 0.25) is 0 Å². The number of aliphatic hydroxyl groups is 1. The molecule has 1 heterocycles. The molecular weight excluding hydrogens is 484 g/mol. The van der Waals surface area contributed by atoms with Crippen LogP contribution in [0.15, 0.2) is 42.5 Å². The molecule has 3 aromatic rings. The van der Waals surface area contributed by atoms with Gasteiger partial charge in [-0.1, -0.05) is 6.07 Å². The van der Waals surface area contributed by atoms with E-state index < -0.39 is 23.7 Å². The Labute approximate surface area is 204 Å². The molecule has 2 aromatic carbocycles. The lowest BCUT2D eigenvalue weighted by atomic mass is 10.2. The Balaban J connectivity index is 1.75. The molecule has 0 saturated carbocycles. The number of alkyl halides is 3. The van der Waals surface area contributed by atoms with Crippen molar-refractivity contribution < 1.29 is 36.9 Å². The second-order valence-corrected chi connectivity index (χ2v) is 7.76. The fourth-order valence-electron chi connectivity index (χ4n) is 3.34. The SMILES string of the molecule is CCOc1cc(C)cc(-n2nc(C(F)(F)F)cc2CNC(=O)Nc2ccc(COCCO)c(F)c2)c1. The summed E-state index contributed by atoms with van der Waals surface area (Å²) in [7, 11) is 0. The monoisotopic (exact) mass is 510 g/mol. The van der Waals surface area contributed by atoms with Gasteiger partial charge >= 0.3 is 12.2 Å². The third-order valence-corrected chi connectivity index (χ3v) is 4.90. The molecule has 0 unspecified atom stereocenters. The summed E-state index contributed by atoms with van der Waals surface area (Å²) in [4.78, 5) is 12.4. The second-order valence-electron chi connectivity index (χ2n) is 7.76. The number of hydrogen-bond acceptors (Lipinski definition) is 5. The summed E-state index contributed by atoms with van der Waals surface area (Å²) in [5, 5.41) is 17.3. The lowest BCUT2D eigenvalue weighted by Crippen LogP contribution is -2.29. The first-order valence-corrected chi connectivity index (χ1v) is 11.0. The Bertz CT molecular complexity index is 1200. The van der Waals surface area contributed by atoms with Gasteiger partial charge < -0.3 is 25.2 Å². The molecule has 0 aliphatic rings. The summed E-state index contributed by atoms with van der Waals surface area (Å²) in [6.45, 7) is 3.47. The Kier molecular flexibility index (Phi) is 8.88. The normalized spacial score (nSPS) is 11.4. The second kappa shape index (κ2) is 11.9. The van der Waals surface area contributed by atoms with Crippen LogP contribution in [0, 0.1) is 12.7 Å². The molecule has 12 heteroatoms. The smallest absolute Gasteiger partial charge is 0.435 e. The zero-order valence-corrected chi connectivity index (χ0v) is 19.7. The van der Waals surface area contributed by atoms with E-state index in [1.807, 2.05) is 0 Å². The minimum atomic E-state index is -4.69. The van der Waals surface area contributed by atoms with E-state index in [0.29, 0.717) is 18.0 Å². The van der Waals surface area contributed by atoms with Gasteiger partial charge in [0.2, 0.25) is 0 Å².